The van der Waals surface area contributed by atoms with Gasteiger partial charge in [0, 0.05) is 12.6 Å². The van der Waals surface area contributed by atoms with E-state index in [4.69, 9.17) is 0 Å². The Bertz CT molecular complexity index is 188. The molecule has 1 N–H and O–H groups in total. The topological polar surface area (TPSA) is 23.5 Å². The van der Waals surface area contributed by atoms with Gasteiger partial charge in [-0.1, -0.05) is 11.6 Å². The number of rotatable bonds is 0. The van der Waals surface area contributed by atoms with Gasteiger partial charge in [0.05, 0.1) is 6.10 Å². The zero-order chi connectivity index (χ0) is 7.84. The molecule has 2 nitrogen and oxygen atoms in total. The molecule has 0 saturated carbocycles. The van der Waals surface area contributed by atoms with E-state index in [-0.39, 0.29) is 6.10 Å². The molecule has 1 aliphatic heterocycles. The van der Waals surface area contributed by atoms with Crippen molar-refractivity contribution in [2.45, 2.75) is 31.4 Å². The van der Waals surface area contributed by atoms with Gasteiger partial charge in [-0.2, -0.15) is 0 Å². The number of nitrogens with zero attached hydrogens (tertiary/aromatic N) is 1. The van der Waals surface area contributed by atoms with E-state index in [0.29, 0.717) is 6.04 Å². The molecule has 62 valence electrons. The largest absolute Gasteiger partial charge is 0.393 e. The molecule has 0 spiro atoms. The number of likely N-dealkylation sites (tertiary alicyclic amines) is 1. The van der Waals surface area contributed by atoms with E-state index in [2.05, 4.69) is 18.0 Å². The van der Waals surface area contributed by atoms with Crippen LogP contribution in [0.1, 0.15) is 19.3 Å². The minimum Gasteiger partial charge on any atom is -0.393 e. The minimum absolute atomic E-state index is 0.0932. The molecule has 1 fully saturated rings. The average Bonchev–Trinajstić information content (AvgIpc) is 2.33. The Morgan fingerprint density at radius 2 is 2.45 bits per heavy atom. The lowest BCUT2D eigenvalue weighted by Crippen LogP contribution is -2.32. The molecule has 1 heterocycles. The van der Waals surface area contributed by atoms with Gasteiger partial charge in [0.2, 0.25) is 0 Å². The molecule has 2 rings (SSSR count). The van der Waals surface area contributed by atoms with E-state index in [1.54, 1.807) is 5.57 Å². The van der Waals surface area contributed by atoms with E-state index in [9.17, 15) is 5.11 Å². The van der Waals surface area contributed by atoms with Gasteiger partial charge in [0.15, 0.2) is 0 Å². The Kier molecular flexibility index (Phi) is 1.74. The number of hydrogen-bond donors (Lipinski definition) is 1. The van der Waals surface area contributed by atoms with Crippen molar-refractivity contribution < 1.29 is 5.11 Å². The SMILES string of the molecule is CN1CCC2=CC[C@H](O)C[C@@H]21. The normalized spacial score (nSPS) is 38.5. The maximum absolute atomic E-state index is 9.40. The zero-order valence-corrected chi connectivity index (χ0v) is 6.95. The van der Waals surface area contributed by atoms with Crippen molar-refractivity contribution in [1.29, 1.82) is 0 Å². The summed E-state index contributed by atoms with van der Waals surface area (Å²) in [5, 5.41) is 9.40. The van der Waals surface area contributed by atoms with Crippen molar-refractivity contribution in [3.8, 4) is 0 Å². The second-order valence-electron chi connectivity index (χ2n) is 3.65. The molecule has 1 saturated heterocycles. The highest BCUT2D eigenvalue weighted by molar-refractivity contribution is 5.19. The zero-order valence-electron chi connectivity index (χ0n) is 6.95. The molecule has 0 unspecified atom stereocenters. The highest BCUT2D eigenvalue weighted by Gasteiger charge is 2.30. The Balaban J connectivity index is 2.16. The summed E-state index contributed by atoms with van der Waals surface area (Å²) in [4.78, 5) is 2.34. The van der Waals surface area contributed by atoms with Crippen molar-refractivity contribution in [3.05, 3.63) is 11.6 Å². The van der Waals surface area contributed by atoms with Gasteiger partial charge in [0.25, 0.3) is 0 Å². The van der Waals surface area contributed by atoms with Crippen LogP contribution < -0.4 is 0 Å². The van der Waals surface area contributed by atoms with Crippen LogP contribution in [-0.2, 0) is 0 Å². The Hall–Kier alpha value is -0.340. The Morgan fingerprint density at radius 3 is 3.27 bits per heavy atom. The highest BCUT2D eigenvalue weighted by Crippen LogP contribution is 2.30. The number of aliphatic hydroxyl groups excluding tert-OH is 1. The van der Waals surface area contributed by atoms with Crippen LogP contribution in [0, 0.1) is 0 Å². The van der Waals surface area contributed by atoms with Crippen molar-refractivity contribution in [2.24, 2.45) is 0 Å². The van der Waals surface area contributed by atoms with E-state index >= 15 is 0 Å². The van der Waals surface area contributed by atoms with Gasteiger partial charge >= 0.3 is 0 Å². The van der Waals surface area contributed by atoms with Gasteiger partial charge in [-0.15, -0.1) is 0 Å². The lowest BCUT2D eigenvalue weighted by molar-refractivity contribution is 0.131. The van der Waals surface area contributed by atoms with Gasteiger partial charge in [0.1, 0.15) is 0 Å². The third kappa shape index (κ3) is 1.21. The van der Waals surface area contributed by atoms with Crippen molar-refractivity contribution in [3.63, 3.8) is 0 Å². The van der Waals surface area contributed by atoms with E-state index in [1.807, 2.05) is 0 Å². The fourth-order valence-corrected chi connectivity index (χ4v) is 2.12. The Morgan fingerprint density at radius 1 is 1.64 bits per heavy atom. The van der Waals surface area contributed by atoms with Crippen LogP contribution in [0.25, 0.3) is 0 Å². The molecule has 2 atom stereocenters. The lowest BCUT2D eigenvalue weighted by Gasteiger charge is -2.26. The first-order chi connectivity index (χ1) is 5.27. The van der Waals surface area contributed by atoms with Crippen molar-refractivity contribution >= 4 is 0 Å². The molecular formula is C9H15NO. The molecule has 1 aliphatic carbocycles. The third-order valence-corrected chi connectivity index (χ3v) is 2.86. The van der Waals surface area contributed by atoms with Crippen LogP contribution in [-0.4, -0.2) is 35.7 Å². The van der Waals surface area contributed by atoms with Gasteiger partial charge in [-0.3, -0.25) is 4.90 Å². The van der Waals surface area contributed by atoms with Crippen molar-refractivity contribution in [2.75, 3.05) is 13.6 Å². The van der Waals surface area contributed by atoms with Gasteiger partial charge < -0.3 is 5.11 Å². The standard InChI is InChI=1S/C9H15NO/c1-10-5-4-7-2-3-8(11)6-9(7)10/h2,8-9,11H,3-6H2,1H3/t8-,9-/m0/s1. The predicted octanol–water partition coefficient (Wildman–Crippen LogP) is 0.772. The summed E-state index contributed by atoms with van der Waals surface area (Å²) in [6.45, 7) is 1.17. The summed E-state index contributed by atoms with van der Waals surface area (Å²) in [7, 11) is 2.14. The monoisotopic (exact) mass is 153 g/mol. The van der Waals surface area contributed by atoms with E-state index in [0.717, 1.165) is 12.8 Å². The first-order valence-electron chi connectivity index (χ1n) is 4.34. The van der Waals surface area contributed by atoms with E-state index in [1.165, 1.54) is 13.0 Å². The van der Waals surface area contributed by atoms with Crippen LogP contribution >= 0.6 is 0 Å². The molecular weight excluding hydrogens is 138 g/mol. The first-order valence-corrected chi connectivity index (χ1v) is 4.34. The van der Waals surface area contributed by atoms with Crippen LogP contribution in [0.2, 0.25) is 0 Å². The van der Waals surface area contributed by atoms with Crippen LogP contribution in [0.15, 0.2) is 11.6 Å². The highest BCUT2D eigenvalue weighted by atomic mass is 16.3. The summed E-state index contributed by atoms with van der Waals surface area (Å²) < 4.78 is 0. The summed E-state index contributed by atoms with van der Waals surface area (Å²) in [6, 6.07) is 0.554. The van der Waals surface area contributed by atoms with E-state index < -0.39 is 0 Å². The third-order valence-electron chi connectivity index (χ3n) is 2.86. The van der Waals surface area contributed by atoms with Crippen molar-refractivity contribution in [1.82, 2.24) is 4.90 Å². The lowest BCUT2D eigenvalue weighted by atomic mass is 9.93. The summed E-state index contributed by atoms with van der Waals surface area (Å²) >= 11 is 0. The molecule has 0 radical (unpaired) electrons. The second-order valence-corrected chi connectivity index (χ2v) is 3.65. The van der Waals surface area contributed by atoms with Crippen LogP contribution in [0.3, 0.4) is 0 Å². The average molecular weight is 153 g/mol. The van der Waals surface area contributed by atoms with Gasteiger partial charge in [-0.05, 0) is 26.3 Å². The summed E-state index contributed by atoms with van der Waals surface area (Å²) in [5.41, 5.74) is 1.55. The molecule has 0 bridgehead atoms. The second kappa shape index (κ2) is 2.61. The van der Waals surface area contributed by atoms with Crippen LogP contribution in [0.5, 0.6) is 0 Å². The minimum atomic E-state index is -0.0932. The molecule has 0 amide bonds. The number of aliphatic hydroxyl groups is 1. The number of hydrogen-bond acceptors (Lipinski definition) is 2. The smallest absolute Gasteiger partial charge is 0.0592 e. The fourth-order valence-electron chi connectivity index (χ4n) is 2.12. The van der Waals surface area contributed by atoms with Crippen LogP contribution in [0.4, 0.5) is 0 Å². The Labute approximate surface area is 67.5 Å². The molecule has 2 aliphatic rings. The molecule has 0 aromatic carbocycles. The summed E-state index contributed by atoms with van der Waals surface area (Å²) in [6.07, 6.45) is 5.17. The summed E-state index contributed by atoms with van der Waals surface area (Å²) in [5.74, 6) is 0. The maximum Gasteiger partial charge on any atom is 0.0592 e. The first kappa shape index (κ1) is 7.32. The van der Waals surface area contributed by atoms with Gasteiger partial charge in [-0.25, -0.2) is 0 Å². The molecule has 0 aromatic heterocycles. The maximum atomic E-state index is 9.40. The molecule has 0 aromatic rings. The number of fused-ring (bicyclic) bond motifs is 1. The number of likely N-dealkylation sites (N-methyl/N-ethyl adjacent to an activating group) is 1. The quantitative estimate of drug-likeness (QED) is 0.520. The fraction of sp³-hybridized carbons (Fsp3) is 0.778. The molecule has 11 heavy (non-hydrogen) atoms. The predicted molar refractivity (Wildman–Crippen MR) is 44.4 cm³/mol. The molecule has 2 heteroatoms.